The first-order valence-electron chi connectivity index (χ1n) is 5.61. The molecule has 0 aliphatic heterocycles. The molecule has 1 aromatic carbocycles. The summed E-state index contributed by atoms with van der Waals surface area (Å²) in [7, 11) is -2.25. The lowest BCUT2D eigenvalue weighted by molar-refractivity contribution is -0.137. The molecule has 9 heteroatoms. The monoisotopic (exact) mass is 330 g/mol. The molecule has 0 heterocycles. The standard InChI is InChI=1S/C11H14ClF3N2O2S/c1-7(6-16-2)20(18,19)17-10-5-8(11(13,14)15)3-4-9(10)12/h3-5,7,16-17H,6H2,1-2H3. The molecule has 1 rings (SSSR count). The van der Waals surface area contributed by atoms with Gasteiger partial charge in [0.05, 0.1) is 21.5 Å². The Morgan fingerprint density at radius 1 is 1.35 bits per heavy atom. The Kier molecular flexibility index (Phi) is 5.28. The molecule has 1 atom stereocenters. The van der Waals surface area contributed by atoms with Crippen LogP contribution in [0.25, 0.3) is 0 Å². The van der Waals surface area contributed by atoms with Gasteiger partial charge in [0.25, 0.3) is 0 Å². The fourth-order valence-corrected chi connectivity index (χ4v) is 2.71. The molecular formula is C11H14ClF3N2O2S. The van der Waals surface area contributed by atoms with Crippen molar-refractivity contribution < 1.29 is 21.6 Å². The highest BCUT2D eigenvalue weighted by Gasteiger charge is 2.31. The summed E-state index contributed by atoms with van der Waals surface area (Å²) in [5.41, 5.74) is -1.26. The highest BCUT2D eigenvalue weighted by Crippen LogP contribution is 2.34. The zero-order valence-corrected chi connectivity index (χ0v) is 12.3. The minimum atomic E-state index is -4.57. The Balaban J connectivity index is 3.09. The minimum Gasteiger partial charge on any atom is -0.318 e. The van der Waals surface area contributed by atoms with E-state index >= 15 is 0 Å². The lowest BCUT2D eigenvalue weighted by atomic mass is 10.2. The molecule has 2 N–H and O–H groups in total. The second-order valence-corrected chi connectivity index (χ2v) is 6.71. The van der Waals surface area contributed by atoms with Crippen molar-refractivity contribution in [2.45, 2.75) is 18.3 Å². The average molecular weight is 331 g/mol. The van der Waals surface area contributed by atoms with Crippen molar-refractivity contribution >= 4 is 27.3 Å². The molecule has 1 aromatic rings. The molecule has 0 spiro atoms. The Bertz CT molecular complexity index is 576. The van der Waals surface area contributed by atoms with Crippen LogP contribution < -0.4 is 10.0 Å². The van der Waals surface area contributed by atoms with Crippen molar-refractivity contribution in [1.82, 2.24) is 5.32 Å². The smallest absolute Gasteiger partial charge is 0.318 e. The zero-order valence-electron chi connectivity index (χ0n) is 10.8. The first-order valence-corrected chi connectivity index (χ1v) is 7.53. The van der Waals surface area contributed by atoms with E-state index in [1.807, 2.05) is 0 Å². The number of sulfonamides is 1. The molecule has 0 radical (unpaired) electrons. The maximum Gasteiger partial charge on any atom is 0.416 e. The van der Waals surface area contributed by atoms with Gasteiger partial charge in [-0.05, 0) is 32.2 Å². The molecule has 1 unspecified atom stereocenters. The van der Waals surface area contributed by atoms with Gasteiger partial charge in [0.15, 0.2) is 0 Å². The molecule has 114 valence electrons. The van der Waals surface area contributed by atoms with Gasteiger partial charge < -0.3 is 5.32 Å². The lowest BCUT2D eigenvalue weighted by Crippen LogP contribution is -2.33. The molecule has 0 saturated carbocycles. The quantitative estimate of drug-likeness (QED) is 0.872. The third kappa shape index (κ3) is 4.26. The van der Waals surface area contributed by atoms with Crippen molar-refractivity contribution in [3.63, 3.8) is 0 Å². The largest absolute Gasteiger partial charge is 0.416 e. The van der Waals surface area contributed by atoms with Crippen molar-refractivity contribution in [3.05, 3.63) is 28.8 Å². The maximum absolute atomic E-state index is 12.6. The van der Waals surface area contributed by atoms with Crippen LogP contribution in [0.4, 0.5) is 18.9 Å². The molecule has 4 nitrogen and oxygen atoms in total. The van der Waals surface area contributed by atoms with Crippen molar-refractivity contribution in [2.75, 3.05) is 18.3 Å². The molecule has 0 aliphatic carbocycles. The topological polar surface area (TPSA) is 58.2 Å². The van der Waals surface area contributed by atoms with Gasteiger partial charge in [-0.25, -0.2) is 8.42 Å². The Morgan fingerprint density at radius 3 is 2.45 bits per heavy atom. The molecule has 0 amide bonds. The minimum absolute atomic E-state index is 0.0989. The summed E-state index contributed by atoms with van der Waals surface area (Å²) in [5.74, 6) is 0. The molecule has 0 bridgehead atoms. The summed E-state index contributed by atoms with van der Waals surface area (Å²) in [6.45, 7) is 1.59. The van der Waals surface area contributed by atoms with E-state index in [0.717, 1.165) is 12.1 Å². The van der Waals surface area contributed by atoms with Crippen LogP contribution in [0, 0.1) is 0 Å². The number of halogens is 4. The van der Waals surface area contributed by atoms with Gasteiger partial charge in [-0.15, -0.1) is 0 Å². The first-order chi connectivity index (χ1) is 9.08. The fraction of sp³-hybridized carbons (Fsp3) is 0.455. The lowest BCUT2D eigenvalue weighted by Gasteiger charge is -2.16. The van der Waals surface area contributed by atoms with Crippen LogP contribution in [0.5, 0.6) is 0 Å². The van der Waals surface area contributed by atoms with Gasteiger partial charge in [-0.2, -0.15) is 13.2 Å². The van der Waals surface area contributed by atoms with E-state index in [4.69, 9.17) is 11.6 Å². The summed E-state index contributed by atoms with van der Waals surface area (Å²) < 4.78 is 63.7. The van der Waals surface area contributed by atoms with E-state index in [9.17, 15) is 21.6 Å². The molecule has 0 fully saturated rings. The van der Waals surface area contributed by atoms with Crippen LogP contribution >= 0.6 is 11.6 Å². The Labute approximate surface area is 120 Å². The van der Waals surface area contributed by atoms with E-state index < -0.39 is 27.0 Å². The highest BCUT2D eigenvalue weighted by atomic mass is 35.5. The molecule has 0 aromatic heterocycles. The van der Waals surface area contributed by atoms with Crippen LogP contribution in [0.15, 0.2) is 18.2 Å². The van der Waals surface area contributed by atoms with Gasteiger partial charge in [0, 0.05) is 6.54 Å². The first kappa shape index (κ1) is 17.1. The summed E-state index contributed by atoms with van der Waals surface area (Å²) in [6, 6.07) is 2.47. The van der Waals surface area contributed by atoms with Crippen LogP contribution in [-0.2, 0) is 16.2 Å². The van der Waals surface area contributed by atoms with Crippen LogP contribution in [0.3, 0.4) is 0 Å². The third-order valence-corrected chi connectivity index (χ3v) is 4.63. The molecular weight excluding hydrogens is 317 g/mol. The van der Waals surface area contributed by atoms with Crippen molar-refractivity contribution in [3.8, 4) is 0 Å². The van der Waals surface area contributed by atoms with Crippen LogP contribution in [-0.4, -0.2) is 27.3 Å². The second-order valence-electron chi connectivity index (χ2n) is 4.21. The Morgan fingerprint density at radius 2 is 1.95 bits per heavy atom. The number of rotatable bonds is 5. The third-order valence-electron chi connectivity index (χ3n) is 2.57. The maximum atomic E-state index is 12.6. The Hall–Kier alpha value is -0.990. The number of hydrogen-bond acceptors (Lipinski definition) is 3. The normalized spacial score (nSPS) is 14.1. The number of hydrogen-bond donors (Lipinski definition) is 2. The van der Waals surface area contributed by atoms with Crippen LogP contribution in [0.2, 0.25) is 5.02 Å². The van der Waals surface area contributed by atoms with Gasteiger partial charge in [-0.1, -0.05) is 11.6 Å². The molecule has 0 aliphatic rings. The molecule has 0 saturated heterocycles. The SMILES string of the molecule is CNCC(C)S(=O)(=O)Nc1cc(C(F)(F)F)ccc1Cl. The summed E-state index contributed by atoms with van der Waals surface area (Å²) in [6.07, 6.45) is -4.57. The predicted molar refractivity (Wildman–Crippen MR) is 72.4 cm³/mol. The average Bonchev–Trinajstić information content (AvgIpc) is 2.30. The number of anilines is 1. The fourth-order valence-electron chi connectivity index (χ4n) is 1.43. The van der Waals surface area contributed by atoms with E-state index in [1.165, 1.54) is 6.92 Å². The predicted octanol–water partition coefficient (Wildman–Crippen LogP) is 2.71. The van der Waals surface area contributed by atoms with Crippen molar-refractivity contribution in [2.24, 2.45) is 0 Å². The van der Waals surface area contributed by atoms with Gasteiger partial charge in [-0.3, -0.25) is 4.72 Å². The van der Waals surface area contributed by atoms with E-state index in [-0.39, 0.29) is 17.3 Å². The summed E-state index contributed by atoms with van der Waals surface area (Å²) >= 11 is 5.72. The van der Waals surface area contributed by atoms with Gasteiger partial charge in [0.2, 0.25) is 10.0 Å². The van der Waals surface area contributed by atoms with E-state index in [2.05, 4.69) is 10.0 Å². The van der Waals surface area contributed by atoms with Crippen molar-refractivity contribution in [1.29, 1.82) is 0 Å². The zero-order chi connectivity index (χ0) is 15.6. The van der Waals surface area contributed by atoms with Gasteiger partial charge in [0.1, 0.15) is 0 Å². The highest BCUT2D eigenvalue weighted by molar-refractivity contribution is 7.93. The van der Waals surface area contributed by atoms with Gasteiger partial charge >= 0.3 is 6.18 Å². The number of benzene rings is 1. The number of alkyl halides is 3. The van der Waals surface area contributed by atoms with E-state index in [1.54, 1.807) is 7.05 Å². The summed E-state index contributed by atoms with van der Waals surface area (Å²) in [5, 5.41) is 1.76. The number of nitrogens with one attached hydrogen (secondary N) is 2. The van der Waals surface area contributed by atoms with E-state index in [0.29, 0.717) is 6.07 Å². The summed E-state index contributed by atoms with van der Waals surface area (Å²) in [4.78, 5) is 0. The second kappa shape index (κ2) is 6.19. The molecule has 20 heavy (non-hydrogen) atoms. The van der Waals surface area contributed by atoms with Crippen LogP contribution in [0.1, 0.15) is 12.5 Å².